The number of likely N-dealkylation sites (N-methyl/N-ethyl adjacent to an activating group) is 1. The number of amides is 1. The molecule has 0 saturated carbocycles. The molecule has 0 radical (unpaired) electrons. The van der Waals surface area contributed by atoms with E-state index in [0.717, 1.165) is 6.42 Å². The van der Waals surface area contributed by atoms with Gasteiger partial charge in [0, 0.05) is 17.1 Å². The van der Waals surface area contributed by atoms with Gasteiger partial charge in [-0.3, -0.25) is 9.69 Å². The number of nitrogens with zero attached hydrogens (tertiary/aromatic N) is 3. The van der Waals surface area contributed by atoms with Crippen molar-refractivity contribution < 1.29 is 9.32 Å². The molecule has 1 atom stereocenters. The van der Waals surface area contributed by atoms with Crippen molar-refractivity contribution in [2.75, 3.05) is 12.4 Å². The van der Waals surface area contributed by atoms with E-state index >= 15 is 0 Å². The summed E-state index contributed by atoms with van der Waals surface area (Å²) < 4.78 is 5.14. The number of hydrogen-bond acceptors (Lipinski definition) is 5. The molecule has 2 aromatic rings. The lowest BCUT2D eigenvalue weighted by molar-refractivity contribution is -0.120. The first-order valence-electron chi connectivity index (χ1n) is 7.07. The third kappa shape index (κ3) is 4.29. The molecule has 1 heterocycles. The van der Waals surface area contributed by atoms with E-state index in [4.69, 9.17) is 16.1 Å². The summed E-state index contributed by atoms with van der Waals surface area (Å²) in [6, 6.07) is 6.70. The minimum atomic E-state index is -0.351. The molecule has 0 bridgehead atoms. The van der Waals surface area contributed by atoms with E-state index in [1.54, 1.807) is 24.3 Å². The summed E-state index contributed by atoms with van der Waals surface area (Å²) in [6.07, 6.45) is 0.720. The zero-order valence-corrected chi connectivity index (χ0v) is 13.6. The largest absolute Gasteiger partial charge is 0.338 e. The van der Waals surface area contributed by atoms with Gasteiger partial charge in [-0.25, -0.2) is 0 Å². The molecule has 1 amide bonds. The second kappa shape index (κ2) is 7.38. The maximum Gasteiger partial charge on any atom is 0.241 e. The van der Waals surface area contributed by atoms with Crippen LogP contribution in [-0.2, 0) is 17.8 Å². The number of aryl methyl sites for hydroxylation is 1. The normalized spacial score (nSPS) is 12.4. The molecule has 6 nitrogen and oxygen atoms in total. The topological polar surface area (TPSA) is 71.3 Å². The molecule has 1 unspecified atom stereocenters. The molecule has 1 aromatic heterocycles. The van der Waals surface area contributed by atoms with Crippen LogP contribution in [0.25, 0.3) is 0 Å². The van der Waals surface area contributed by atoms with Crippen LogP contribution in [0.5, 0.6) is 0 Å². The van der Waals surface area contributed by atoms with Gasteiger partial charge >= 0.3 is 0 Å². The van der Waals surface area contributed by atoms with Gasteiger partial charge in [-0.05, 0) is 32.2 Å². The van der Waals surface area contributed by atoms with E-state index in [-0.39, 0.29) is 11.9 Å². The fraction of sp³-hybridized carbons (Fsp3) is 0.400. The first kappa shape index (κ1) is 16.5. The number of benzene rings is 1. The van der Waals surface area contributed by atoms with Crippen LogP contribution >= 0.6 is 11.6 Å². The summed E-state index contributed by atoms with van der Waals surface area (Å²) in [5.41, 5.74) is 0.670. The van der Waals surface area contributed by atoms with E-state index in [1.807, 2.05) is 25.8 Å². The monoisotopic (exact) mass is 322 g/mol. The molecule has 0 aliphatic carbocycles. The van der Waals surface area contributed by atoms with Crippen molar-refractivity contribution in [3.63, 3.8) is 0 Å². The molecular formula is C15H19ClN4O2. The van der Waals surface area contributed by atoms with Crippen LogP contribution < -0.4 is 5.32 Å². The lowest BCUT2D eigenvalue weighted by atomic mass is 10.2. The van der Waals surface area contributed by atoms with Crippen molar-refractivity contribution in [3.8, 4) is 0 Å². The minimum Gasteiger partial charge on any atom is -0.338 e. The summed E-state index contributed by atoms with van der Waals surface area (Å²) in [7, 11) is 1.83. The number of carbonyl (C=O) groups excluding carboxylic acids is 1. The molecule has 1 aromatic carbocycles. The third-order valence-electron chi connectivity index (χ3n) is 3.34. The SMILES string of the molecule is CCc1noc(CN(C)C(C)C(=O)Nc2cccc(Cl)c2)n1. The van der Waals surface area contributed by atoms with Crippen LogP contribution in [0, 0.1) is 0 Å². The zero-order valence-electron chi connectivity index (χ0n) is 12.8. The zero-order chi connectivity index (χ0) is 16.1. The molecule has 1 N–H and O–H groups in total. The maximum absolute atomic E-state index is 12.3. The quantitative estimate of drug-likeness (QED) is 0.885. The van der Waals surface area contributed by atoms with Gasteiger partial charge in [0.1, 0.15) is 0 Å². The third-order valence-corrected chi connectivity index (χ3v) is 3.58. The smallest absolute Gasteiger partial charge is 0.241 e. The lowest BCUT2D eigenvalue weighted by Gasteiger charge is -2.22. The first-order valence-corrected chi connectivity index (χ1v) is 7.45. The van der Waals surface area contributed by atoms with Gasteiger partial charge in [-0.15, -0.1) is 0 Å². The number of aromatic nitrogens is 2. The average molecular weight is 323 g/mol. The Kier molecular flexibility index (Phi) is 5.51. The molecule has 0 spiro atoms. The van der Waals surface area contributed by atoms with Crippen LogP contribution in [0.3, 0.4) is 0 Å². The van der Waals surface area contributed by atoms with Crippen molar-refractivity contribution in [1.82, 2.24) is 15.0 Å². The Morgan fingerprint density at radius 3 is 2.91 bits per heavy atom. The van der Waals surface area contributed by atoms with Gasteiger partial charge in [0.2, 0.25) is 11.8 Å². The molecule has 0 aliphatic heterocycles. The highest BCUT2D eigenvalue weighted by atomic mass is 35.5. The highest BCUT2D eigenvalue weighted by Gasteiger charge is 2.20. The lowest BCUT2D eigenvalue weighted by Crippen LogP contribution is -2.39. The average Bonchev–Trinajstić information content (AvgIpc) is 2.94. The second-order valence-corrected chi connectivity index (χ2v) is 5.49. The molecular weight excluding hydrogens is 304 g/mol. The van der Waals surface area contributed by atoms with Gasteiger partial charge in [0.05, 0.1) is 12.6 Å². The number of nitrogens with one attached hydrogen (secondary N) is 1. The van der Waals surface area contributed by atoms with Crippen molar-refractivity contribution in [3.05, 3.63) is 41.0 Å². The first-order chi connectivity index (χ1) is 10.5. The predicted octanol–water partition coefficient (Wildman–Crippen LogP) is 2.74. The van der Waals surface area contributed by atoms with Gasteiger partial charge < -0.3 is 9.84 Å². The Morgan fingerprint density at radius 2 is 2.27 bits per heavy atom. The van der Waals surface area contributed by atoms with Crippen LogP contribution in [-0.4, -0.2) is 34.0 Å². The summed E-state index contributed by atoms with van der Waals surface area (Å²) in [4.78, 5) is 18.3. The van der Waals surface area contributed by atoms with E-state index in [0.29, 0.717) is 29.0 Å². The summed E-state index contributed by atoms with van der Waals surface area (Å²) in [6.45, 7) is 4.19. The Hall–Kier alpha value is -1.92. The standard InChI is InChI=1S/C15H19ClN4O2/c1-4-13-18-14(22-19-13)9-20(3)10(2)15(21)17-12-7-5-6-11(16)8-12/h5-8,10H,4,9H2,1-3H3,(H,17,21). The minimum absolute atomic E-state index is 0.125. The van der Waals surface area contributed by atoms with E-state index in [9.17, 15) is 4.79 Å². The molecule has 0 aliphatic rings. The van der Waals surface area contributed by atoms with Gasteiger partial charge in [0.25, 0.3) is 0 Å². The number of rotatable bonds is 6. The van der Waals surface area contributed by atoms with Crippen molar-refractivity contribution in [1.29, 1.82) is 0 Å². The van der Waals surface area contributed by atoms with E-state index < -0.39 is 0 Å². The van der Waals surface area contributed by atoms with E-state index in [1.165, 1.54) is 0 Å². The summed E-state index contributed by atoms with van der Waals surface area (Å²) in [5, 5.41) is 7.26. The summed E-state index contributed by atoms with van der Waals surface area (Å²) in [5.74, 6) is 1.04. The molecule has 7 heteroatoms. The molecule has 118 valence electrons. The van der Waals surface area contributed by atoms with Crippen molar-refractivity contribution in [2.24, 2.45) is 0 Å². The highest BCUT2D eigenvalue weighted by molar-refractivity contribution is 6.30. The number of halogens is 1. The maximum atomic E-state index is 12.3. The van der Waals surface area contributed by atoms with E-state index in [2.05, 4.69) is 15.5 Å². The van der Waals surface area contributed by atoms with Crippen LogP contribution in [0.4, 0.5) is 5.69 Å². The van der Waals surface area contributed by atoms with Gasteiger partial charge in [0.15, 0.2) is 5.82 Å². The van der Waals surface area contributed by atoms with Gasteiger partial charge in [-0.2, -0.15) is 4.98 Å². The Balaban J connectivity index is 1.94. The molecule has 0 fully saturated rings. The number of carbonyl (C=O) groups is 1. The van der Waals surface area contributed by atoms with Gasteiger partial charge in [-0.1, -0.05) is 29.7 Å². The highest BCUT2D eigenvalue weighted by Crippen LogP contribution is 2.15. The van der Waals surface area contributed by atoms with Crippen LogP contribution in [0.1, 0.15) is 25.6 Å². The second-order valence-electron chi connectivity index (χ2n) is 5.05. The predicted molar refractivity (Wildman–Crippen MR) is 84.7 cm³/mol. The fourth-order valence-electron chi connectivity index (χ4n) is 1.86. The Labute approximate surface area is 134 Å². The molecule has 2 rings (SSSR count). The molecule has 0 saturated heterocycles. The number of hydrogen-bond donors (Lipinski definition) is 1. The number of anilines is 1. The van der Waals surface area contributed by atoms with Crippen molar-refractivity contribution in [2.45, 2.75) is 32.9 Å². The fourth-order valence-corrected chi connectivity index (χ4v) is 2.05. The Morgan fingerprint density at radius 1 is 1.50 bits per heavy atom. The van der Waals surface area contributed by atoms with Crippen molar-refractivity contribution >= 4 is 23.2 Å². The van der Waals surface area contributed by atoms with Crippen LogP contribution in [0.2, 0.25) is 5.02 Å². The van der Waals surface area contributed by atoms with Crippen LogP contribution in [0.15, 0.2) is 28.8 Å². The molecule has 22 heavy (non-hydrogen) atoms. The Bertz CT molecular complexity index is 644. The summed E-state index contributed by atoms with van der Waals surface area (Å²) >= 11 is 5.90.